The number of hydrogen-bond donors (Lipinski definition) is 0. The van der Waals surface area contributed by atoms with Crippen LogP contribution in [0.15, 0.2) is 49.0 Å². The van der Waals surface area contributed by atoms with Crippen molar-refractivity contribution >= 4 is 5.57 Å². The van der Waals surface area contributed by atoms with Crippen molar-refractivity contribution in [3.05, 3.63) is 65.7 Å². The van der Waals surface area contributed by atoms with Crippen LogP contribution >= 0.6 is 0 Å². The molecule has 0 saturated carbocycles. The Kier molecular flexibility index (Phi) is 1.97. The van der Waals surface area contributed by atoms with Gasteiger partial charge in [0.05, 0.1) is 0 Å². The van der Waals surface area contributed by atoms with Crippen LogP contribution in [0.25, 0.3) is 16.7 Å². The number of benzene rings is 2. The summed E-state index contributed by atoms with van der Waals surface area (Å²) in [7, 11) is 0. The van der Waals surface area contributed by atoms with Crippen LogP contribution in [-0.4, -0.2) is 0 Å². The first-order chi connectivity index (χ1) is 7.77. The zero-order valence-electron chi connectivity index (χ0n) is 9.46. The van der Waals surface area contributed by atoms with Crippen LogP contribution in [0, 0.1) is 0 Å². The van der Waals surface area contributed by atoms with Crippen LogP contribution in [0.2, 0.25) is 0 Å². The molecule has 0 fully saturated rings. The van der Waals surface area contributed by atoms with Gasteiger partial charge in [-0.05, 0) is 41.2 Å². The topological polar surface area (TPSA) is 0 Å². The first-order valence-corrected chi connectivity index (χ1v) is 5.63. The minimum Gasteiger partial charge on any atom is -0.0955 e. The van der Waals surface area contributed by atoms with E-state index in [0.29, 0.717) is 0 Å². The van der Waals surface area contributed by atoms with Gasteiger partial charge in [-0.1, -0.05) is 54.6 Å². The Bertz CT molecular complexity index is 576. The maximum Gasteiger partial charge on any atom is -0.00132 e. The predicted octanol–water partition coefficient (Wildman–Crippen LogP) is 4.29. The third-order valence-electron chi connectivity index (χ3n) is 3.28. The number of hydrogen-bond acceptors (Lipinski definition) is 0. The van der Waals surface area contributed by atoms with Crippen molar-refractivity contribution in [3.63, 3.8) is 0 Å². The summed E-state index contributed by atoms with van der Waals surface area (Å²) in [5, 5.41) is 0. The summed E-state index contributed by atoms with van der Waals surface area (Å²) < 4.78 is 0. The summed E-state index contributed by atoms with van der Waals surface area (Å²) >= 11 is 0. The maximum absolute atomic E-state index is 4.08. The summed E-state index contributed by atoms with van der Waals surface area (Å²) in [6.07, 6.45) is 1.06. The molecule has 0 nitrogen and oxygen atoms in total. The summed E-state index contributed by atoms with van der Waals surface area (Å²) in [4.78, 5) is 0. The molecule has 0 spiro atoms. The van der Waals surface area contributed by atoms with E-state index in [0.717, 1.165) is 12.0 Å². The molecule has 0 atom stereocenters. The molecule has 1 aliphatic rings. The molecule has 0 aliphatic heterocycles. The molecule has 0 unspecified atom stereocenters. The molecule has 0 amide bonds. The largest absolute Gasteiger partial charge is 0.0955 e. The molecule has 16 heavy (non-hydrogen) atoms. The van der Waals surface area contributed by atoms with Crippen molar-refractivity contribution in [2.75, 3.05) is 0 Å². The Morgan fingerprint density at radius 1 is 1.00 bits per heavy atom. The average molecular weight is 206 g/mol. The summed E-state index contributed by atoms with van der Waals surface area (Å²) in [6.45, 7) is 6.16. The number of rotatable bonds is 1. The minimum atomic E-state index is 1.06. The lowest BCUT2D eigenvalue weighted by Crippen LogP contribution is -1.86. The Balaban J connectivity index is 2.33. The quantitative estimate of drug-likeness (QED) is 0.557. The van der Waals surface area contributed by atoms with E-state index < -0.39 is 0 Å². The van der Waals surface area contributed by atoms with E-state index in [1.165, 1.54) is 27.8 Å². The van der Waals surface area contributed by atoms with Gasteiger partial charge in [0, 0.05) is 0 Å². The SMILES string of the molecule is C=C(C)c1cccc2c1-c1ccccc1C2. The standard InChI is InChI=1S/C16H14/c1-11(2)14-9-5-7-13-10-12-6-3-4-8-15(12)16(13)14/h3-9H,1,10H2,2H3. The highest BCUT2D eigenvalue weighted by Crippen LogP contribution is 2.40. The maximum atomic E-state index is 4.08. The van der Waals surface area contributed by atoms with Crippen molar-refractivity contribution < 1.29 is 0 Å². The third-order valence-corrected chi connectivity index (χ3v) is 3.28. The molecule has 0 N–H and O–H groups in total. The first-order valence-electron chi connectivity index (χ1n) is 5.63. The first kappa shape index (κ1) is 9.41. The molecule has 2 aromatic carbocycles. The van der Waals surface area contributed by atoms with Crippen molar-refractivity contribution in [3.8, 4) is 11.1 Å². The van der Waals surface area contributed by atoms with Crippen molar-refractivity contribution in [2.24, 2.45) is 0 Å². The van der Waals surface area contributed by atoms with Crippen LogP contribution in [0.3, 0.4) is 0 Å². The van der Waals surface area contributed by atoms with Crippen molar-refractivity contribution in [1.82, 2.24) is 0 Å². The lowest BCUT2D eigenvalue weighted by molar-refractivity contribution is 1.26. The summed E-state index contributed by atoms with van der Waals surface area (Å²) in [6, 6.07) is 15.2. The van der Waals surface area contributed by atoms with Crippen LogP contribution < -0.4 is 0 Å². The second-order valence-corrected chi connectivity index (χ2v) is 4.45. The zero-order chi connectivity index (χ0) is 11.1. The number of allylic oxidation sites excluding steroid dienone is 1. The van der Waals surface area contributed by atoms with Crippen LogP contribution in [0.5, 0.6) is 0 Å². The van der Waals surface area contributed by atoms with Gasteiger partial charge in [-0.2, -0.15) is 0 Å². The van der Waals surface area contributed by atoms with Crippen molar-refractivity contribution in [2.45, 2.75) is 13.3 Å². The Morgan fingerprint density at radius 3 is 2.56 bits per heavy atom. The van der Waals surface area contributed by atoms with Gasteiger partial charge < -0.3 is 0 Å². The fourth-order valence-corrected chi connectivity index (χ4v) is 2.54. The van der Waals surface area contributed by atoms with Crippen LogP contribution in [0.1, 0.15) is 23.6 Å². The van der Waals surface area contributed by atoms with Crippen LogP contribution in [0.4, 0.5) is 0 Å². The summed E-state index contributed by atoms with van der Waals surface area (Å²) in [5.74, 6) is 0. The van der Waals surface area contributed by atoms with E-state index >= 15 is 0 Å². The smallest absolute Gasteiger partial charge is 0.00132 e. The summed E-state index contributed by atoms with van der Waals surface area (Å²) in [5.41, 5.74) is 8.09. The highest BCUT2D eigenvalue weighted by atomic mass is 14.2. The Hall–Kier alpha value is -1.82. The van der Waals surface area contributed by atoms with Gasteiger partial charge in [-0.3, -0.25) is 0 Å². The highest BCUT2D eigenvalue weighted by molar-refractivity contribution is 5.86. The lowest BCUT2D eigenvalue weighted by atomic mass is 9.96. The van der Waals surface area contributed by atoms with E-state index in [1.807, 2.05) is 0 Å². The predicted molar refractivity (Wildman–Crippen MR) is 69.4 cm³/mol. The van der Waals surface area contributed by atoms with Crippen molar-refractivity contribution in [1.29, 1.82) is 0 Å². The average Bonchev–Trinajstić information content (AvgIpc) is 2.66. The molecule has 2 aromatic rings. The van der Waals surface area contributed by atoms with Gasteiger partial charge in [0.1, 0.15) is 0 Å². The molecule has 78 valence electrons. The molecule has 0 aromatic heterocycles. The molecule has 0 heterocycles. The van der Waals surface area contributed by atoms with Gasteiger partial charge in [-0.15, -0.1) is 0 Å². The molecular weight excluding hydrogens is 192 g/mol. The second-order valence-electron chi connectivity index (χ2n) is 4.45. The van der Waals surface area contributed by atoms with E-state index in [9.17, 15) is 0 Å². The molecule has 1 aliphatic carbocycles. The number of fused-ring (bicyclic) bond motifs is 3. The van der Waals surface area contributed by atoms with E-state index in [4.69, 9.17) is 0 Å². The monoisotopic (exact) mass is 206 g/mol. The van der Waals surface area contributed by atoms with Gasteiger partial charge in [-0.25, -0.2) is 0 Å². The molecule has 0 heteroatoms. The fourth-order valence-electron chi connectivity index (χ4n) is 2.54. The molecule has 0 saturated heterocycles. The molecular formula is C16H14. The Morgan fingerprint density at radius 2 is 1.75 bits per heavy atom. The van der Waals surface area contributed by atoms with Gasteiger partial charge in [0.2, 0.25) is 0 Å². The minimum absolute atomic E-state index is 1.06. The zero-order valence-corrected chi connectivity index (χ0v) is 9.46. The van der Waals surface area contributed by atoms with E-state index in [-0.39, 0.29) is 0 Å². The van der Waals surface area contributed by atoms with Gasteiger partial charge in [0.25, 0.3) is 0 Å². The molecule has 0 bridgehead atoms. The fraction of sp³-hybridized carbons (Fsp3) is 0.125. The van der Waals surface area contributed by atoms with E-state index in [2.05, 4.69) is 56.0 Å². The molecule has 0 radical (unpaired) electrons. The normalized spacial score (nSPS) is 12.1. The highest BCUT2D eigenvalue weighted by Gasteiger charge is 2.20. The lowest BCUT2D eigenvalue weighted by Gasteiger charge is -2.08. The van der Waals surface area contributed by atoms with Crippen LogP contribution in [-0.2, 0) is 6.42 Å². The van der Waals surface area contributed by atoms with Gasteiger partial charge in [0.15, 0.2) is 0 Å². The second kappa shape index (κ2) is 3.34. The third kappa shape index (κ3) is 1.23. The molecule has 3 rings (SSSR count). The van der Waals surface area contributed by atoms with Gasteiger partial charge >= 0.3 is 0 Å². The Labute approximate surface area is 96.3 Å². The van der Waals surface area contributed by atoms with E-state index in [1.54, 1.807) is 0 Å².